The lowest BCUT2D eigenvalue weighted by Crippen LogP contribution is -2.55. The zero-order valence-corrected chi connectivity index (χ0v) is 12.4. The lowest BCUT2D eigenvalue weighted by molar-refractivity contribution is 0.202. The number of nitrogen functional groups attached to an aromatic ring is 1. The van der Waals surface area contributed by atoms with Crippen molar-refractivity contribution in [1.82, 2.24) is 9.27 Å². The Bertz CT molecular complexity index is 450. The van der Waals surface area contributed by atoms with Crippen LogP contribution in [-0.2, 0) is 0 Å². The summed E-state index contributed by atoms with van der Waals surface area (Å²) in [5.41, 5.74) is 5.92. The Morgan fingerprint density at radius 3 is 3.11 bits per heavy atom. The Hall–Kier alpha value is -1.01. The molecule has 0 bridgehead atoms. The van der Waals surface area contributed by atoms with Gasteiger partial charge in [-0.15, -0.1) is 0 Å². The maximum atomic E-state index is 5.92. The lowest BCUT2D eigenvalue weighted by Gasteiger charge is -2.42. The van der Waals surface area contributed by atoms with Crippen molar-refractivity contribution in [1.29, 1.82) is 0 Å². The van der Waals surface area contributed by atoms with E-state index < -0.39 is 0 Å². The first-order valence-electron chi connectivity index (χ1n) is 7.09. The molecule has 2 N–H and O–H groups in total. The molecule has 0 aliphatic carbocycles. The normalized spacial score (nSPS) is 27.6. The molecule has 2 saturated heterocycles. The summed E-state index contributed by atoms with van der Waals surface area (Å²) < 4.78 is 9.96. The van der Waals surface area contributed by atoms with Crippen LogP contribution in [0, 0.1) is 0 Å². The van der Waals surface area contributed by atoms with E-state index in [4.69, 9.17) is 10.5 Å². The SMILES string of the molecule is CCOc1c(N)nsc1N1CC2CCCN2CC1C. The van der Waals surface area contributed by atoms with Crippen LogP contribution in [0.4, 0.5) is 10.8 Å². The highest BCUT2D eigenvalue weighted by Gasteiger charge is 2.36. The van der Waals surface area contributed by atoms with Crippen molar-refractivity contribution in [3.8, 4) is 5.75 Å². The molecule has 2 atom stereocenters. The predicted octanol–water partition coefficient (Wildman–Crippen LogP) is 1.80. The number of fused-ring (bicyclic) bond motifs is 1. The maximum Gasteiger partial charge on any atom is 0.197 e. The molecule has 0 amide bonds. The Morgan fingerprint density at radius 1 is 1.47 bits per heavy atom. The monoisotopic (exact) mass is 282 g/mol. The summed E-state index contributed by atoms with van der Waals surface area (Å²) in [6, 6.07) is 1.18. The van der Waals surface area contributed by atoms with Crippen molar-refractivity contribution >= 4 is 22.4 Å². The highest BCUT2D eigenvalue weighted by Crippen LogP contribution is 2.41. The number of rotatable bonds is 3. The number of hydrogen-bond donors (Lipinski definition) is 1. The van der Waals surface area contributed by atoms with Gasteiger partial charge in [-0.1, -0.05) is 0 Å². The van der Waals surface area contributed by atoms with Crippen molar-refractivity contribution in [2.24, 2.45) is 0 Å². The molecule has 2 unspecified atom stereocenters. The highest BCUT2D eigenvalue weighted by atomic mass is 32.1. The first-order chi connectivity index (χ1) is 9.20. The van der Waals surface area contributed by atoms with E-state index in [0.717, 1.165) is 23.8 Å². The second-order valence-corrected chi connectivity index (χ2v) is 6.18. The van der Waals surface area contributed by atoms with E-state index >= 15 is 0 Å². The number of nitrogens with zero attached hydrogens (tertiary/aromatic N) is 3. The Kier molecular flexibility index (Phi) is 3.54. The average molecular weight is 282 g/mol. The van der Waals surface area contributed by atoms with Crippen LogP contribution in [0.5, 0.6) is 5.75 Å². The van der Waals surface area contributed by atoms with Crippen LogP contribution < -0.4 is 15.4 Å². The van der Waals surface area contributed by atoms with Gasteiger partial charge in [-0.25, -0.2) is 0 Å². The van der Waals surface area contributed by atoms with Crippen LogP contribution >= 0.6 is 11.5 Å². The molecule has 1 aromatic heterocycles. The fourth-order valence-electron chi connectivity index (χ4n) is 3.22. The molecule has 0 aromatic carbocycles. The molecular weight excluding hydrogens is 260 g/mol. The molecule has 2 aliphatic rings. The minimum Gasteiger partial charge on any atom is -0.487 e. The number of anilines is 2. The third-order valence-electron chi connectivity index (χ3n) is 4.14. The van der Waals surface area contributed by atoms with E-state index in [1.807, 2.05) is 6.92 Å². The molecule has 6 heteroatoms. The standard InChI is InChI=1S/C13H22N4OS/c1-3-18-11-12(14)15-19-13(11)17-8-10-5-4-6-16(10)7-9(17)2/h9-10H,3-8H2,1-2H3,(H2,14,15). The smallest absolute Gasteiger partial charge is 0.197 e. The van der Waals surface area contributed by atoms with Gasteiger partial charge in [-0.05, 0) is 44.8 Å². The van der Waals surface area contributed by atoms with Gasteiger partial charge in [0.2, 0.25) is 0 Å². The Labute approximate surface area is 118 Å². The van der Waals surface area contributed by atoms with Crippen molar-refractivity contribution in [3.63, 3.8) is 0 Å². The van der Waals surface area contributed by atoms with E-state index in [0.29, 0.717) is 24.5 Å². The molecule has 106 valence electrons. The molecule has 0 radical (unpaired) electrons. The molecule has 1 aromatic rings. The van der Waals surface area contributed by atoms with Crippen LogP contribution in [0.1, 0.15) is 26.7 Å². The summed E-state index contributed by atoms with van der Waals surface area (Å²) in [6.07, 6.45) is 2.63. The summed E-state index contributed by atoms with van der Waals surface area (Å²) in [7, 11) is 0. The van der Waals surface area contributed by atoms with Gasteiger partial charge in [0.1, 0.15) is 0 Å². The number of ether oxygens (including phenoxy) is 1. The summed E-state index contributed by atoms with van der Waals surface area (Å²) in [6.45, 7) is 8.36. The zero-order valence-electron chi connectivity index (χ0n) is 11.6. The van der Waals surface area contributed by atoms with E-state index in [-0.39, 0.29) is 0 Å². The van der Waals surface area contributed by atoms with Gasteiger partial charge < -0.3 is 15.4 Å². The van der Waals surface area contributed by atoms with Gasteiger partial charge >= 0.3 is 0 Å². The average Bonchev–Trinajstić information content (AvgIpc) is 2.97. The molecule has 2 fully saturated rings. The quantitative estimate of drug-likeness (QED) is 0.916. The number of nitrogens with two attached hydrogens (primary N) is 1. The van der Waals surface area contributed by atoms with Crippen LogP contribution in [0.2, 0.25) is 0 Å². The first-order valence-corrected chi connectivity index (χ1v) is 7.86. The zero-order chi connectivity index (χ0) is 13.4. The topological polar surface area (TPSA) is 54.6 Å². The van der Waals surface area contributed by atoms with Gasteiger partial charge in [-0.2, -0.15) is 4.37 Å². The summed E-state index contributed by atoms with van der Waals surface area (Å²) >= 11 is 1.47. The van der Waals surface area contributed by atoms with Crippen molar-refractivity contribution < 1.29 is 4.74 Å². The largest absolute Gasteiger partial charge is 0.487 e. The molecule has 3 heterocycles. The van der Waals surface area contributed by atoms with Gasteiger partial charge in [0.15, 0.2) is 16.6 Å². The number of piperazine rings is 1. The molecule has 0 spiro atoms. The van der Waals surface area contributed by atoms with Gasteiger partial charge in [-0.3, -0.25) is 4.90 Å². The van der Waals surface area contributed by atoms with E-state index in [9.17, 15) is 0 Å². The van der Waals surface area contributed by atoms with Crippen LogP contribution in [0.3, 0.4) is 0 Å². The second kappa shape index (κ2) is 5.17. The molecule has 3 rings (SSSR count). The van der Waals surface area contributed by atoms with Crippen molar-refractivity contribution in [2.45, 2.75) is 38.8 Å². The van der Waals surface area contributed by atoms with Crippen molar-refractivity contribution in [2.75, 3.05) is 36.9 Å². The Balaban J connectivity index is 1.84. The van der Waals surface area contributed by atoms with E-state index in [2.05, 4.69) is 21.1 Å². The minimum atomic E-state index is 0.494. The maximum absolute atomic E-state index is 5.92. The summed E-state index contributed by atoms with van der Waals surface area (Å²) in [4.78, 5) is 5.05. The van der Waals surface area contributed by atoms with Gasteiger partial charge in [0, 0.05) is 25.2 Å². The van der Waals surface area contributed by atoms with Gasteiger partial charge in [0.25, 0.3) is 0 Å². The molecule has 0 saturated carbocycles. The Morgan fingerprint density at radius 2 is 2.32 bits per heavy atom. The van der Waals surface area contributed by atoms with E-state index in [1.165, 1.54) is 30.9 Å². The van der Waals surface area contributed by atoms with E-state index in [1.54, 1.807) is 0 Å². The number of hydrogen-bond acceptors (Lipinski definition) is 6. The highest BCUT2D eigenvalue weighted by molar-refractivity contribution is 7.11. The predicted molar refractivity (Wildman–Crippen MR) is 79.1 cm³/mol. The second-order valence-electron chi connectivity index (χ2n) is 5.43. The fourth-order valence-corrected chi connectivity index (χ4v) is 4.09. The first kappa shape index (κ1) is 13.0. The van der Waals surface area contributed by atoms with Crippen LogP contribution in [0.25, 0.3) is 0 Å². The molecular formula is C13H22N4OS. The fraction of sp³-hybridized carbons (Fsp3) is 0.769. The minimum absolute atomic E-state index is 0.494. The third-order valence-corrected chi connectivity index (χ3v) is 5.03. The molecule has 5 nitrogen and oxygen atoms in total. The lowest BCUT2D eigenvalue weighted by atomic mass is 10.1. The molecule has 19 heavy (non-hydrogen) atoms. The summed E-state index contributed by atoms with van der Waals surface area (Å²) in [5.74, 6) is 1.31. The van der Waals surface area contributed by atoms with Crippen molar-refractivity contribution in [3.05, 3.63) is 0 Å². The van der Waals surface area contributed by atoms with Crippen LogP contribution in [0.15, 0.2) is 0 Å². The van der Waals surface area contributed by atoms with Crippen LogP contribution in [-0.4, -0.2) is 47.6 Å². The van der Waals surface area contributed by atoms with Gasteiger partial charge in [0.05, 0.1) is 6.61 Å². The third kappa shape index (κ3) is 2.27. The molecule has 2 aliphatic heterocycles. The summed E-state index contributed by atoms with van der Waals surface area (Å²) in [5, 5.41) is 1.11. The number of aromatic nitrogens is 1.